The van der Waals surface area contributed by atoms with E-state index in [1.54, 1.807) is 38.6 Å². The van der Waals surface area contributed by atoms with Crippen molar-refractivity contribution in [3.05, 3.63) is 95.3 Å². The average molecular weight is 526 g/mol. The Balaban J connectivity index is 1.61. The first-order chi connectivity index (χ1) is 18.7. The SMILES string of the molecule is CC(C)c1ccc(COc2ccc(C(C3=NCCN(CC(=O)N(C)C)C3=O)=C(N)c3ccncc3)cc2)cc1. The summed E-state index contributed by atoms with van der Waals surface area (Å²) in [6, 6.07) is 19.5. The number of aromatic nitrogens is 1. The largest absolute Gasteiger partial charge is 0.489 e. The fourth-order valence-electron chi connectivity index (χ4n) is 4.22. The van der Waals surface area contributed by atoms with Crippen LogP contribution in [0, 0.1) is 0 Å². The molecule has 4 rings (SSSR count). The van der Waals surface area contributed by atoms with E-state index in [4.69, 9.17) is 10.5 Å². The lowest BCUT2D eigenvalue weighted by Crippen LogP contribution is -2.47. The summed E-state index contributed by atoms with van der Waals surface area (Å²) in [5.74, 6) is 0.699. The Hall–Kier alpha value is -4.46. The van der Waals surface area contributed by atoms with Crippen molar-refractivity contribution in [3.63, 3.8) is 0 Å². The van der Waals surface area contributed by atoms with Crippen LogP contribution in [0.25, 0.3) is 11.3 Å². The summed E-state index contributed by atoms with van der Waals surface area (Å²) in [6.45, 7) is 5.52. The zero-order valence-electron chi connectivity index (χ0n) is 22.9. The van der Waals surface area contributed by atoms with Gasteiger partial charge in [0.25, 0.3) is 5.91 Å². The minimum Gasteiger partial charge on any atom is -0.489 e. The predicted molar refractivity (Wildman–Crippen MR) is 154 cm³/mol. The Labute approximate surface area is 229 Å². The highest BCUT2D eigenvalue weighted by Gasteiger charge is 2.30. The molecule has 3 aromatic rings. The van der Waals surface area contributed by atoms with Crippen LogP contribution in [0.3, 0.4) is 0 Å². The number of carbonyl (C=O) groups is 2. The van der Waals surface area contributed by atoms with Gasteiger partial charge in [-0.25, -0.2) is 0 Å². The second-order valence-corrected chi connectivity index (χ2v) is 9.98. The van der Waals surface area contributed by atoms with E-state index in [1.807, 2.05) is 24.3 Å². The lowest BCUT2D eigenvalue weighted by molar-refractivity contribution is -0.135. The molecule has 0 atom stereocenters. The number of pyridine rings is 1. The third kappa shape index (κ3) is 6.71. The Morgan fingerprint density at radius 1 is 1.00 bits per heavy atom. The second kappa shape index (κ2) is 12.4. The Kier molecular flexibility index (Phi) is 8.76. The monoisotopic (exact) mass is 525 g/mol. The van der Waals surface area contributed by atoms with Crippen LogP contribution >= 0.6 is 0 Å². The third-order valence-electron chi connectivity index (χ3n) is 6.65. The summed E-state index contributed by atoms with van der Waals surface area (Å²) >= 11 is 0. The molecule has 1 aliphatic heterocycles. The number of benzene rings is 2. The summed E-state index contributed by atoms with van der Waals surface area (Å²) in [5, 5.41) is 0. The van der Waals surface area contributed by atoms with Crippen LogP contribution < -0.4 is 10.5 Å². The van der Waals surface area contributed by atoms with Gasteiger partial charge in [-0.1, -0.05) is 50.2 Å². The van der Waals surface area contributed by atoms with Crippen molar-refractivity contribution in [2.24, 2.45) is 10.7 Å². The molecule has 2 heterocycles. The van der Waals surface area contributed by atoms with Crippen molar-refractivity contribution in [1.29, 1.82) is 0 Å². The van der Waals surface area contributed by atoms with E-state index in [1.165, 1.54) is 15.4 Å². The number of ether oxygens (including phenoxy) is 1. The van der Waals surface area contributed by atoms with Crippen molar-refractivity contribution >= 4 is 28.8 Å². The van der Waals surface area contributed by atoms with Crippen LogP contribution in [0.2, 0.25) is 0 Å². The number of aliphatic imine (C=N–C) groups is 1. The maximum atomic E-state index is 13.5. The zero-order valence-corrected chi connectivity index (χ0v) is 22.9. The van der Waals surface area contributed by atoms with Gasteiger partial charge in [0.05, 0.1) is 6.54 Å². The molecule has 2 N–H and O–H groups in total. The van der Waals surface area contributed by atoms with E-state index < -0.39 is 0 Å². The standard InChI is InChI=1S/C31H35N5O3/c1-21(2)23-7-5-22(6-8-23)20-39-26-11-9-24(10-12-26)28(29(32)25-13-15-33-16-14-25)30-31(38)36(18-17-34-30)19-27(37)35(3)4/h5-16,21H,17-20,32H2,1-4H3. The molecule has 39 heavy (non-hydrogen) atoms. The molecule has 0 fully saturated rings. The Morgan fingerprint density at radius 2 is 1.67 bits per heavy atom. The lowest BCUT2D eigenvalue weighted by atomic mass is 9.94. The minimum absolute atomic E-state index is 0.0157. The normalized spacial score (nSPS) is 14.1. The van der Waals surface area contributed by atoms with Gasteiger partial charge in [0.15, 0.2) is 0 Å². The topological polar surface area (TPSA) is 101 Å². The zero-order chi connectivity index (χ0) is 27.9. The van der Waals surface area contributed by atoms with Crippen LogP contribution in [0.1, 0.15) is 42.0 Å². The molecule has 0 unspecified atom stereocenters. The average Bonchev–Trinajstić information content (AvgIpc) is 2.95. The number of hydrogen-bond donors (Lipinski definition) is 1. The molecular weight excluding hydrogens is 490 g/mol. The van der Waals surface area contributed by atoms with Crippen LogP contribution in [0.4, 0.5) is 0 Å². The van der Waals surface area contributed by atoms with Crippen molar-refractivity contribution in [1.82, 2.24) is 14.8 Å². The maximum absolute atomic E-state index is 13.5. The van der Waals surface area contributed by atoms with Crippen LogP contribution in [-0.4, -0.2) is 66.0 Å². The van der Waals surface area contributed by atoms with Crippen LogP contribution in [-0.2, 0) is 16.2 Å². The number of hydrogen-bond acceptors (Lipinski definition) is 6. The smallest absolute Gasteiger partial charge is 0.273 e. The number of nitrogens with two attached hydrogens (primary N) is 1. The number of likely N-dealkylation sites (N-methyl/N-ethyl adjacent to an activating group) is 1. The van der Waals surface area contributed by atoms with Gasteiger partial charge in [-0.3, -0.25) is 19.6 Å². The number of nitrogens with zero attached hydrogens (tertiary/aromatic N) is 4. The van der Waals surface area contributed by atoms with Gasteiger partial charge < -0.3 is 20.3 Å². The van der Waals surface area contributed by atoms with Crippen molar-refractivity contribution < 1.29 is 14.3 Å². The van der Waals surface area contributed by atoms with Gasteiger partial charge in [-0.15, -0.1) is 0 Å². The van der Waals surface area contributed by atoms with Gasteiger partial charge in [0.2, 0.25) is 5.91 Å². The molecular formula is C31H35N5O3. The maximum Gasteiger partial charge on any atom is 0.273 e. The molecule has 8 nitrogen and oxygen atoms in total. The van der Waals surface area contributed by atoms with Gasteiger partial charge in [-0.2, -0.15) is 0 Å². The number of rotatable bonds is 9. The Morgan fingerprint density at radius 3 is 2.28 bits per heavy atom. The predicted octanol–water partition coefficient (Wildman–Crippen LogP) is 3.98. The van der Waals surface area contributed by atoms with Crippen molar-refractivity contribution in [2.75, 3.05) is 33.7 Å². The summed E-state index contributed by atoms with van der Waals surface area (Å²) < 4.78 is 6.02. The molecule has 0 radical (unpaired) electrons. The van der Waals surface area contributed by atoms with Gasteiger partial charge >= 0.3 is 0 Å². The van der Waals surface area contributed by atoms with E-state index >= 15 is 0 Å². The molecule has 1 aliphatic rings. The van der Waals surface area contributed by atoms with Crippen LogP contribution in [0.15, 0.2) is 78.0 Å². The molecule has 0 saturated carbocycles. The van der Waals surface area contributed by atoms with E-state index in [-0.39, 0.29) is 24.1 Å². The lowest BCUT2D eigenvalue weighted by Gasteiger charge is -2.28. The highest BCUT2D eigenvalue weighted by molar-refractivity contribution is 6.58. The van der Waals surface area contributed by atoms with E-state index in [9.17, 15) is 9.59 Å². The van der Waals surface area contributed by atoms with Crippen molar-refractivity contribution in [2.45, 2.75) is 26.4 Å². The molecule has 0 spiro atoms. The van der Waals surface area contributed by atoms with Gasteiger partial charge in [0.1, 0.15) is 24.6 Å². The van der Waals surface area contributed by atoms with Crippen molar-refractivity contribution in [3.8, 4) is 5.75 Å². The molecule has 8 heteroatoms. The van der Waals surface area contributed by atoms with E-state index in [0.29, 0.717) is 42.6 Å². The molecule has 0 bridgehead atoms. The summed E-state index contributed by atoms with van der Waals surface area (Å²) in [6.07, 6.45) is 3.30. The van der Waals surface area contributed by atoms with E-state index in [0.717, 1.165) is 16.7 Å². The number of carbonyl (C=O) groups excluding carboxylic acids is 2. The first kappa shape index (κ1) is 27.6. The fraction of sp³-hybridized carbons (Fsp3) is 0.290. The molecule has 202 valence electrons. The molecule has 2 amide bonds. The number of amides is 2. The summed E-state index contributed by atoms with van der Waals surface area (Å²) in [7, 11) is 3.34. The summed E-state index contributed by atoms with van der Waals surface area (Å²) in [5.41, 5.74) is 11.6. The second-order valence-electron chi connectivity index (χ2n) is 9.98. The Bertz CT molecular complexity index is 1360. The quantitative estimate of drug-likeness (QED) is 0.455. The first-order valence-electron chi connectivity index (χ1n) is 13.0. The highest BCUT2D eigenvalue weighted by Crippen LogP contribution is 2.28. The van der Waals surface area contributed by atoms with E-state index in [2.05, 4.69) is 48.1 Å². The molecule has 0 saturated heterocycles. The van der Waals surface area contributed by atoms with Crippen LogP contribution in [0.5, 0.6) is 5.75 Å². The molecule has 2 aromatic carbocycles. The third-order valence-corrected chi connectivity index (χ3v) is 6.65. The highest BCUT2D eigenvalue weighted by atomic mass is 16.5. The fourth-order valence-corrected chi connectivity index (χ4v) is 4.22. The first-order valence-corrected chi connectivity index (χ1v) is 13.0. The minimum atomic E-state index is -0.325. The molecule has 0 aliphatic carbocycles. The van der Waals surface area contributed by atoms with Gasteiger partial charge in [-0.05, 0) is 46.9 Å². The summed E-state index contributed by atoms with van der Waals surface area (Å²) in [4.78, 5) is 37.5. The molecule has 1 aromatic heterocycles. The van der Waals surface area contributed by atoms with Gasteiger partial charge in [0, 0.05) is 49.9 Å².